The summed E-state index contributed by atoms with van der Waals surface area (Å²) >= 11 is 0. The lowest BCUT2D eigenvalue weighted by Crippen LogP contribution is -2.16. The Hall–Kier alpha value is -4.05. The van der Waals surface area contributed by atoms with Gasteiger partial charge in [-0.25, -0.2) is 5.43 Å². The van der Waals surface area contributed by atoms with Crippen LogP contribution in [0.2, 0.25) is 0 Å². The molecule has 0 spiro atoms. The molecule has 0 saturated heterocycles. The molecule has 3 aromatic rings. The van der Waals surface area contributed by atoms with Crippen molar-refractivity contribution in [3.8, 4) is 17.6 Å². The zero-order valence-electron chi connectivity index (χ0n) is 16.6. The van der Waals surface area contributed by atoms with E-state index in [1.165, 1.54) is 6.21 Å². The SMILES string of the molecule is C=CCc1cc(/C=N/NC(=O)c2cc3ccccc3o2)cc(OCC)c1OCC#N. The van der Waals surface area contributed by atoms with Gasteiger partial charge in [-0.2, -0.15) is 10.4 Å². The van der Waals surface area contributed by atoms with E-state index < -0.39 is 5.91 Å². The number of hydrazone groups is 1. The van der Waals surface area contributed by atoms with Crippen LogP contribution in [0.4, 0.5) is 0 Å². The number of allylic oxidation sites excluding steroid dienone is 1. The molecule has 1 amide bonds. The van der Waals surface area contributed by atoms with Gasteiger partial charge in [0.2, 0.25) is 0 Å². The number of amides is 1. The lowest BCUT2D eigenvalue weighted by atomic mass is 10.1. The largest absolute Gasteiger partial charge is 0.490 e. The highest BCUT2D eigenvalue weighted by molar-refractivity contribution is 5.96. The van der Waals surface area contributed by atoms with Gasteiger partial charge < -0.3 is 13.9 Å². The van der Waals surface area contributed by atoms with Crippen molar-refractivity contribution in [3.63, 3.8) is 0 Å². The van der Waals surface area contributed by atoms with Gasteiger partial charge >= 0.3 is 5.91 Å². The number of benzene rings is 2. The lowest BCUT2D eigenvalue weighted by molar-refractivity contribution is 0.0929. The number of furan rings is 1. The smallest absolute Gasteiger partial charge is 0.307 e. The molecule has 0 bridgehead atoms. The maximum absolute atomic E-state index is 12.3. The van der Waals surface area contributed by atoms with Crippen molar-refractivity contribution in [2.75, 3.05) is 13.2 Å². The first-order valence-electron chi connectivity index (χ1n) is 9.38. The van der Waals surface area contributed by atoms with Crippen molar-refractivity contribution in [1.29, 1.82) is 5.26 Å². The van der Waals surface area contributed by atoms with Gasteiger partial charge in [-0.3, -0.25) is 4.79 Å². The highest BCUT2D eigenvalue weighted by atomic mass is 16.5. The minimum Gasteiger partial charge on any atom is -0.490 e. The molecule has 7 heteroatoms. The molecular weight excluding hydrogens is 382 g/mol. The first-order valence-corrected chi connectivity index (χ1v) is 9.38. The molecule has 2 aromatic carbocycles. The van der Waals surface area contributed by atoms with Crippen LogP contribution in [-0.4, -0.2) is 25.3 Å². The van der Waals surface area contributed by atoms with Gasteiger partial charge in [0, 0.05) is 10.9 Å². The zero-order chi connectivity index (χ0) is 21.3. The number of fused-ring (bicyclic) bond motifs is 1. The summed E-state index contributed by atoms with van der Waals surface area (Å²) in [4.78, 5) is 12.3. The Morgan fingerprint density at radius 1 is 1.30 bits per heavy atom. The Kier molecular flexibility index (Phi) is 6.85. The van der Waals surface area contributed by atoms with Crippen LogP contribution in [0.15, 0.2) is 64.6 Å². The van der Waals surface area contributed by atoms with Crippen LogP contribution in [0.25, 0.3) is 11.0 Å². The number of carbonyl (C=O) groups is 1. The van der Waals surface area contributed by atoms with E-state index in [4.69, 9.17) is 19.2 Å². The highest BCUT2D eigenvalue weighted by Gasteiger charge is 2.14. The van der Waals surface area contributed by atoms with E-state index in [9.17, 15) is 4.79 Å². The van der Waals surface area contributed by atoms with E-state index in [0.29, 0.717) is 35.7 Å². The molecule has 0 aliphatic heterocycles. The lowest BCUT2D eigenvalue weighted by Gasteiger charge is -2.15. The predicted molar refractivity (Wildman–Crippen MR) is 114 cm³/mol. The Bertz CT molecular complexity index is 1090. The number of hydrogen-bond acceptors (Lipinski definition) is 6. The third kappa shape index (κ3) is 4.86. The fourth-order valence-corrected chi connectivity index (χ4v) is 2.91. The predicted octanol–water partition coefficient (Wildman–Crippen LogP) is 4.23. The number of para-hydroxylation sites is 1. The summed E-state index contributed by atoms with van der Waals surface area (Å²) in [5.41, 5.74) is 4.60. The van der Waals surface area contributed by atoms with Crippen LogP contribution < -0.4 is 14.9 Å². The third-order valence-corrected chi connectivity index (χ3v) is 4.13. The molecule has 7 nitrogen and oxygen atoms in total. The molecule has 0 radical (unpaired) electrons. The minimum absolute atomic E-state index is 0.0921. The quantitative estimate of drug-likeness (QED) is 0.328. The Morgan fingerprint density at radius 3 is 2.87 bits per heavy atom. The molecule has 0 unspecified atom stereocenters. The summed E-state index contributed by atoms with van der Waals surface area (Å²) in [7, 11) is 0. The molecule has 1 aromatic heterocycles. The van der Waals surface area contributed by atoms with Crippen LogP contribution in [0, 0.1) is 11.3 Å². The summed E-state index contributed by atoms with van der Waals surface area (Å²) in [5, 5.41) is 13.7. The van der Waals surface area contributed by atoms with Crippen LogP contribution >= 0.6 is 0 Å². The first-order chi connectivity index (χ1) is 14.7. The zero-order valence-corrected chi connectivity index (χ0v) is 16.6. The molecule has 0 aliphatic rings. The maximum atomic E-state index is 12.3. The highest BCUT2D eigenvalue weighted by Crippen LogP contribution is 2.33. The average Bonchev–Trinajstić information content (AvgIpc) is 3.18. The molecule has 30 heavy (non-hydrogen) atoms. The number of nitrogens with zero attached hydrogens (tertiary/aromatic N) is 2. The molecule has 152 valence electrons. The van der Waals surface area contributed by atoms with Crippen molar-refractivity contribution in [3.05, 3.63) is 72.0 Å². The molecular formula is C23H21N3O4. The standard InChI is InChI=1S/C23H21N3O4/c1-3-7-18-12-16(13-20(28-4-2)22(18)29-11-10-24)15-25-26-23(27)21-14-17-8-5-6-9-19(17)30-21/h3,5-6,8-9,12-15H,1,4,7,11H2,2H3,(H,26,27)/b25-15+. The maximum Gasteiger partial charge on any atom is 0.307 e. The van der Waals surface area contributed by atoms with Gasteiger partial charge in [0.15, 0.2) is 23.9 Å². The molecule has 0 aliphatic carbocycles. The van der Waals surface area contributed by atoms with Crippen molar-refractivity contribution in [1.82, 2.24) is 5.43 Å². The van der Waals surface area contributed by atoms with Gasteiger partial charge in [0.05, 0.1) is 12.8 Å². The van der Waals surface area contributed by atoms with Crippen LogP contribution in [-0.2, 0) is 6.42 Å². The summed E-state index contributed by atoms with van der Waals surface area (Å²) in [6.07, 6.45) is 3.76. The van der Waals surface area contributed by atoms with Gasteiger partial charge in [-0.1, -0.05) is 24.3 Å². The molecule has 0 atom stereocenters. The van der Waals surface area contributed by atoms with Crippen molar-refractivity contribution >= 4 is 23.1 Å². The van der Waals surface area contributed by atoms with Gasteiger partial charge in [-0.05, 0) is 43.2 Å². The number of ether oxygens (including phenoxy) is 2. The summed E-state index contributed by atoms with van der Waals surface area (Å²) < 4.78 is 16.7. The Balaban J connectivity index is 1.80. The number of carbonyl (C=O) groups excluding carboxylic acids is 1. The second-order valence-corrected chi connectivity index (χ2v) is 6.23. The van der Waals surface area contributed by atoms with Crippen molar-refractivity contribution in [2.24, 2.45) is 5.10 Å². The molecule has 0 fully saturated rings. The summed E-state index contributed by atoms with van der Waals surface area (Å²) in [6.45, 7) is 5.95. The van der Waals surface area contributed by atoms with Crippen LogP contribution in [0.1, 0.15) is 28.6 Å². The van der Waals surface area contributed by atoms with Crippen molar-refractivity contribution in [2.45, 2.75) is 13.3 Å². The molecule has 1 N–H and O–H groups in total. The molecule has 1 heterocycles. The van der Waals surface area contributed by atoms with Gasteiger partial charge in [-0.15, -0.1) is 6.58 Å². The fourth-order valence-electron chi connectivity index (χ4n) is 2.91. The second kappa shape index (κ2) is 9.94. The van der Waals surface area contributed by atoms with E-state index in [0.717, 1.165) is 10.9 Å². The Labute approximate surface area is 174 Å². The second-order valence-electron chi connectivity index (χ2n) is 6.23. The van der Waals surface area contributed by atoms with E-state index in [1.807, 2.05) is 37.3 Å². The van der Waals surface area contributed by atoms with E-state index >= 15 is 0 Å². The summed E-state index contributed by atoms with van der Waals surface area (Å²) in [6, 6.07) is 14.6. The number of nitrogens with one attached hydrogen (secondary N) is 1. The molecule has 3 rings (SSSR count). The van der Waals surface area contributed by atoms with Crippen LogP contribution in [0.3, 0.4) is 0 Å². The monoisotopic (exact) mass is 403 g/mol. The van der Waals surface area contributed by atoms with Gasteiger partial charge in [0.1, 0.15) is 11.7 Å². The average molecular weight is 403 g/mol. The number of hydrogen-bond donors (Lipinski definition) is 1. The minimum atomic E-state index is -0.451. The fraction of sp³-hybridized carbons (Fsp3) is 0.174. The van der Waals surface area contributed by atoms with E-state index in [2.05, 4.69) is 17.1 Å². The topological polar surface area (TPSA) is 96.8 Å². The first kappa shape index (κ1) is 20.7. The Morgan fingerprint density at radius 2 is 2.13 bits per heavy atom. The van der Waals surface area contributed by atoms with Crippen molar-refractivity contribution < 1.29 is 18.7 Å². The van der Waals surface area contributed by atoms with Gasteiger partial charge in [0.25, 0.3) is 0 Å². The summed E-state index contributed by atoms with van der Waals surface area (Å²) in [5.74, 6) is 0.725. The molecule has 0 saturated carbocycles. The number of rotatable bonds is 9. The number of nitriles is 1. The van der Waals surface area contributed by atoms with E-state index in [-0.39, 0.29) is 12.4 Å². The van der Waals surface area contributed by atoms with E-state index in [1.54, 1.807) is 24.3 Å². The third-order valence-electron chi connectivity index (χ3n) is 4.13. The van der Waals surface area contributed by atoms with Crippen LogP contribution in [0.5, 0.6) is 11.5 Å². The normalized spacial score (nSPS) is 10.7.